The highest BCUT2D eigenvalue weighted by Crippen LogP contribution is 2.28. The molecule has 2 aromatic rings. The van der Waals surface area contributed by atoms with Crippen molar-refractivity contribution >= 4 is 23.0 Å². The average Bonchev–Trinajstić information content (AvgIpc) is 2.88. The van der Waals surface area contributed by atoms with E-state index in [9.17, 15) is 0 Å². The molecule has 2 N–H and O–H groups in total. The number of halogens is 1. The van der Waals surface area contributed by atoms with Gasteiger partial charge in [-0.15, -0.1) is 0 Å². The first-order valence-electron chi connectivity index (χ1n) is 7.06. The fourth-order valence-corrected chi connectivity index (χ4v) is 2.68. The van der Waals surface area contributed by atoms with Crippen molar-refractivity contribution in [3.63, 3.8) is 0 Å². The van der Waals surface area contributed by atoms with Crippen molar-refractivity contribution in [2.24, 2.45) is 0 Å². The van der Waals surface area contributed by atoms with Gasteiger partial charge in [-0.3, -0.25) is 10.4 Å². The molecular weight excluding hydrogens is 298 g/mol. The van der Waals surface area contributed by atoms with Gasteiger partial charge >= 0.3 is 0 Å². The Morgan fingerprint density at radius 3 is 2.64 bits per heavy atom. The summed E-state index contributed by atoms with van der Waals surface area (Å²) in [5.74, 6) is 0.849. The Hall–Kier alpha value is -2.33. The first kappa shape index (κ1) is 14.6. The zero-order valence-corrected chi connectivity index (χ0v) is 13.3. The summed E-state index contributed by atoms with van der Waals surface area (Å²) in [6, 6.07) is 15.7. The van der Waals surface area contributed by atoms with Gasteiger partial charge in [0.05, 0.1) is 18.5 Å². The van der Waals surface area contributed by atoms with E-state index in [-0.39, 0.29) is 0 Å². The molecule has 1 heterocycles. The molecule has 1 aliphatic rings. The van der Waals surface area contributed by atoms with Crippen molar-refractivity contribution in [3.05, 3.63) is 64.8 Å². The SMILES string of the molecule is COc1ccc(C2=C(C)NCN2Nc2cccc(Cl)c2)cc1. The summed E-state index contributed by atoms with van der Waals surface area (Å²) >= 11 is 6.05. The maximum atomic E-state index is 6.05. The number of methoxy groups -OCH3 is 1. The molecule has 114 valence electrons. The third-order valence-corrected chi connectivity index (χ3v) is 3.81. The van der Waals surface area contributed by atoms with Crippen LogP contribution in [0.1, 0.15) is 12.5 Å². The average molecular weight is 316 g/mol. The minimum absolute atomic E-state index is 0.694. The number of hydrogen-bond acceptors (Lipinski definition) is 4. The van der Waals surface area contributed by atoms with Crippen LogP contribution in [0.4, 0.5) is 5.69 Å². The normalized spacial score (nSPS) is 14.0. The van der Waals surface area contributed by atoms with Gasteiger partial charge in [-0.05, 0) is 49.4 Å². The molecule has 22 heavy (non-hydrogen) atoms. The summed E-state index contributed by atoms with van der Waals surface area (Å²) in [6.07, 6.45) is 0. The van der Waals surface area contributed by atoms with Gasteiger partial charge in [0.25, 0.3) is 0 Å². The Morgan fingerprint density at radius 2 is 1.95 bits per heavy atom. The first-order valence-corrected chi connectivity index (χ1v) is 7.44. The molecule has 5 heteroatoms. The lowest BCUT2D eigenvalue weighted by atomic mass is 10.1. The fraction of sp³-hybridized carbons (Fsp3) is 0.176. The Kier molecular flexibility index (Phi) is 4.11. The van der Waals surface area contributed by atoms with Gasteiger partial charge < -0.3 is 10.1 Å². The molecule has 0 aliphatic carbocycles. The molecular formula is C17H18ClN3O. The van der Waals surface area contributed by atoms with E-state index in [1.807, 2.05) is 36.4 Å². The Labute approximate surface area is 135 Å². The zero-order chi connectivity index (χ0) is 15.5. The van der Waals surface area contributed by atoms with E-state index in [2.05, 4.69) is 34.8 Å². The standard InChI is InChI=1S/C17H18ClN3O/c1-12-17(13-6-8-16(22-2)9-7-13)21(11-19-12)20-15-5-3-4-14(18)10-15/h3-10,19-20H,11H2,1-2H3. The number of hydrogen-bond donors (Lipinski definition) is 2. The molecule has 0 amide bonds. The highest BCUT2D eigenvalue weighted by Gasteiger charge is 2.21. The number of nitrogens with zero attached hydrogens (tertiary/aromatic N) is 1. The van der Waals surface area contributed by atoms with E-state index < -0.39 is 0 Å². The minimum Gasteiger partial charge on any atom is -0.497 e. The van der Waals surface area contributed by atoms with Crippen LogP contribution in [0.15, 0.2) is 54.2 Å². The van der Waals surface area contributed by atoms with Crippen LogP contribution >= 0.6 is 11.6 Å². The summed E-state index contributed by atoms with van der Waals surface area (Å²) < 4.78 is 5.22. The minimum atomic E-state index is 0.694. The summed E-state index contributed by atoms with van der Waals surface area (Å²) in [4.78, 5) is 0. The van der Waals surface area contributed by atoms with E-state index in [4.69, 9.17) is 16.3 Å². The van der Waals surface area contributed by atoms with Crippen LogP contribution in [0.5, 0.6) is 5.75 Å². The summed E-state index contributed by atoms with van der Waals surface area (Å²) in [5, 5.41) is 6.14. The molecule has 0 radical (unpaired) electrons. The lowest BCUT2D eigenvalue weighted by molar-refractivity contribution is 0.414. The van der Waals surface area contributed by atoms with Crippen molar-refractivity contribution in [2.75, 3.05) is 19.2 Å². The molecule has 2 aromatic carbocycles. The largest absolute Gasteiger partial charge is 0.497 e. The quantitative estimate of drug-likeness (QED) is 0.896. The van der Waals surface area contributed by atoms with E-state index in [0.717, 1.165) is 28.4 Å². The van der Waals surface area contributed by atoms with Gasteiger partial charge in [0.2, 0.25) is 0 Å². The Balaban J connectivity index is 1.85. The number of allylic oxidation sites excluding steroid dienone is 1. The van der Waals surface area contributed by atoms with Crippen LogP contribution in [0.3, 0.4) is 0 Å². The van der Waals surface area contributed by atoms with Gasteiger partial charge in [-0.2, -0.15) is 0 Å². The third-order valence-electron chi connectivity index (χ3n) is 3.58. The van der Waals surface area contributed by atoms with E-state index in [1.165, 1.54) is 0 Å². The topological polar surface area (TPSA) is 36.5 Å². The number of anilines is 1. The van der Waals surface area contributed by atoms with Crippen LogP contribution in [0.2, 0.25) is 5.02 Å². The summed E-state index contributed by atoms with van der Waals surface area (Å²) in [7, 11) is 1.67. The fourth-order valence-electron chi connectivity index (χ4n) is 2.49. The number of nitrogens with one attached hydrogen (secondary N) is 2. The van der Waals surface area contributed by atoms with Crippen LogP contribution in [-0.4, -0.2) is 18.8 Å². The second-order valence-corrected chi connectivity index (χ2v) is 5.52. The number of hydrazine groups is 1. The molecule has 0 unspecified atom stereocenters. The van der Waals surface area contributed by atoms with Gasteiger partial charge in [-0.1, -0.05) is 17.7 Å². The van der Waals surface area contributed by atoms with Gasteiger partial charge in [-0.25, -0.2) is 0 Å². The molecule has 0 saturated carbocycles. The summed E-state index contributed by atoms with van der Waals surface area (Å²) in [6.45, 7) is 2.76. The molecule has 0 saturated heterocycles. The number of ether oxygens (including phenoxy) is 1. The molecule has 0 bridgehead atoms. The van der Waals surface area contributed by atoms with Crippen molar-refractivity contribution in [1.82, 2.24) is 10.3 Å². The van der Waals surface area contributed by atoms with Crippen LogP contribution < -0.4 is 15.5 Å². The van der Waals surface area contributed by atoms with E-state index in [1.54, 1.807) is 7.11 Å². The van der Waals surface area contributed by atoms with Gasteiger partial charge in [0.15, 0.2) is 0 Å². The smallest absolute Gasteiger partial charge is 0.118 e. The lowest BCUT2D eigenvalue weighted by Crippen LogP contribution is -2.29. The van der Waals surface area contributed by atoms with Crippen molar-refractivity contribution in [1.29, 1.82) is 0 Å². The van der Waals surface area contributed by atoms with E-state index >= 15 is 0 Å². The zero-order valence-electron chi connectivity index (χ0n) is 12.6. The molecule has 0 atom stereocenters. The molecule has 0 aromatic heterocycles. The second kappa shape index (κ2) is 6.20. The molecule has 0 spiro atoms. The number of benzene rings is 2. The van der Waals surface area contributed by atoms with Gasteiger partial charge in [0.1, 0.15) is 12.4 Å². The van der Waals surface area contributed by atoms with Crippen molar-refractivity contribution < 1.29 is 4.74 Å². The molecule has 1 aliphatic heterocycles. The van der Waals surface area contributed by atoms with Crippen LogP contribution in [0.25, 0.3) is 5.70 Å². The maximum Gasteiger partial charge on any atom is 0.118 e. The van der Waals surface area contributed by atoms with Crippen molar-refractivity contribution in [3.8, 4) is 5.75 Å². The highest BCUT2D eigenvalue weighted by molar-refractivity contribution is 6.30. The molecule has 0 fully saturated rings. The monoisotopic (exact) mass is 315 g/mol. The lowest BCUT2D eigenvalue weighted by Gasteiger charge is -2.23. The third kappa shape index (κ3) is 2.97. The Morgan fingerprint density at radius 1 is 1.18 bits per heavy atom. The summed E-state index contributed by atoms with van der Waals surface area (Å²) in [5.41, 5.74) is 7.70. The van der Waals surface area contributed by atoms with E-state index in [0.29, 0.717) is 11.7 Å². The number of rotatable bonds is 4. The molecule has 3 rings (SSSR count). The van der Waals surface area contributed by atoms with Crippen LogP contribution in [0, 0.1) is 0 Å². The Bertz CT molecular complexity index is 697. The van der Waals surface area contributed by atoms with Crippen LogP contribution in [-0.2, 0) is 0 Å². The molecule has 4 nitrogen and oxygen atoms in total. The maximum absolute atomic E-state index is 6.05. The highest BCUT2D eigenvalue weighted by atomic mass is 35.5. The van der Waals surface area contributed by atoms with Gasteiger partial charge in [0, 0.05) is 16.3 Å². The predicted octanol–water partition coefficient (Wildman–Crippen LogP) is 3.93. The second-order valence-electron chi connectivity index (χ2n) is 5.09. The first-order chi connectivity index (χ1) is 10.7. The van der Waals surface area contributed by atoms with Crippen molar-refractivity contribution in [2.45, 2.75) is 6.92 Å². The predicted molar refractivity (Wildman–Crippen MR) is 90.5 cm³/mol.